The summed E-state index contributed by atoms with van der Waals surface area (Å²) in [5.41, 5.74) is -0.0624. The van der Waals surface area contributed by atoms with E-state index in [0.717, 1.165) is 31.7 Å². The summed E-state index contributed by atoms with van der Waals surface area (Å²) in [6.45, 7) is 7.16. The normalized spacial score (nSPS) is 37.0. The maximum Gasteiger partial charge on any atom is 0.306 e. The van der Waals surface area contributed by atoms with E-state index in [4.69, 9.17) is 0 Å². The van der Waals surface area contributed by atoms with Crippen LogP contribution in [0.15, 0.2) is 0 Å². The van der Waals surface area contributed by atoms with Crippen molar-refractivity contribution in [2.24, 2.45) is 23.2 Å². The van der Waals surface area contributed by atoms with Crippen LogP contribution in [0.3, 0.4) is 0 Å². The zero-order valence-corrected chi connectivity index (χ0v) is 10.9. The molecule has 2 N–H and O–H groups in total. The molecule has 0 radical (unpaired) electrons. The molecule has 0 aromatic carbocycles. The van der Waals surface area contributed by atoms with Crippen LogP contribution in [0.1, 0.15) is 40.0 Å². The third kappa shape index (κ3) is 2.40. The monoisotopic (exact) mass is 227 g/mol. The molecule has 0 aromatic heterocycles. The lowest BCUT2D eigenvalue weighted by Crippen LogP contribution is -2.49. The average Bonchev–Trinajstić information content (AvgIpc) is 2.21. The Morgan fingerprint density at radius 1 is 1.56 bits per heavy atom. The van der Waals surface area contributed by atoms with E-state index >= 15 is 0 Å². The van der Waals surface area contributed by atoms with Gasteiger partial charge in [-0.3, -0.25) is 4.79 Å². The largest absolute Gasteiger partial charge is 0.481 e. The fraction of sp³-hybridized carbons (Fsp3) is 0.923. The molecule has 4 unspecified atom stereocenters. The van der Waals surface area contributed by atoms with Gasteiger partial charge in [-0.05, 0) is 37.1 Å². The number of carbonyl (C=O) groups is 1. The molecule has 0 aliphatic heterocycles. The minimum atomic E-state index is -0.656. The standard InChI is InChI=1S/C13H25NO2/c1-9-5-6-13(8-14-4,10(2)7-9)11(3)12(15)16/h9-11,14H,5-8H2,1-4H3,(H,15,16). The Hall–Kier alpha value is -0.570. The van der Waals surface area contributed by atoms with E-state index < -0.39 is 5.97 Å². The molecule has 3 heteroatoms. The Bertz CT molecular complexity index is 254. The molecule has 4 atom stereocenters. The van der Waals surface area contributed by atoms with Crippen molar-refractivity contribution in [3.8, 4) is 0 Å². The molecule has 1 rings (SSSR count). The van der Waals surface area contributed by atoms with Crippen LogP contribution < -0.4 is 5.32 Å². The van der Waals surface area contributed by atoms with Gasteiger partial charge in [0.05, 0.1) is 5.92 Å². The molecule has 0 aromatic rings. The summed E-state index contributed by atoms with van der Waals surface area (Å²) in [6.07, 6.45) is 3.34. The molecular weight excluding hydrogens is 202 g/mol. The Balaban J connectivity index is 2.91. The molecule has 16 heavy (non-hydrogen) atoms. The van der Waals surface area contributed by atoms with E-state index in [-0.39, 0.29) is 11.3 Å². The Kier molecular flexibility index (Phi) is 4.36. The van der Waals surface area contributed by atoms with Gasteiger partial charge in [0.2, 0.25) is 0 Å². The van der Waals surface area contributed by atoms with Crippen LogP contribution in [0.5, 0.6) is 0 Å². The molecule has 0 spiro atoms. The molecule has 1 aliphatic carbocycles. The second-order valence-corrected chi connectivity index (χ2v) is 5.60. The number of carboxylic acid groups (broad SMARTS) is 1. The molecule has 3 nitrogen and oxygen atoms in total. The van der Waals surface area contributed by atoms with Crippen molar-refractivity contribution in [1.82, 2.24) is 5.32 Å². The highest BCUT2D eigenvalue weighted by Gasteiger charge is 2.46. The van der Waals surface area contributed by atoms with Gasteiger partial charge in [-0.2, -0.15) is 0 Å². The summed E-state index contributed by atoms with van der Waals surface area (Å²) in [7, 11) is 1.92. The summed E-state index contributed by atoms with van der Waals surface area (Å²) < 4.78 is 0. The SMILES string of the molecule is CNCC1(C(C)C(=O)O)CCC(C)CC1C. The van der Waals surface area contributed by atoms with Crippen LogP contribution in [0.25, 0.3) is 0 Å². The summed E-state index contributed by atoms with van der Waals surface area (Å²) in [5.74, 6) is 0.301. The van der Waals surface area contributed by atoms with Gasteiger partial charge in [-0.15, -0.1) is 0 Å². The third-order valence-electron chi connectivity index (χ3n) is 4.58. The molecule has 1 aliphatic rings. The van der Waals surface area contributed by atoms with E-state index in [1.54, 1.807) is 0 Å². The Morgan fingerprint density at radius 3 is 2.62 bits per heavy atom. The summed E-state index contributed by atoms with van der Waals surface area (Å²) in [5, 5.41) is 12.5. The first-order valence-electron chi connectivity index (χ1n) is 6.31. The van der Waals surface area contributed by atoms with Gasteiger partial charge in [-0.25, -0.2) is 0 Å². The number of nitrogens with one attached hydrogen (secondary N) is 1. The second-order valence-electron chi connectivity index (χ2n) is 5.60. The van der Waals surface area contributed by atoms with Crippen LogP contribution in [-0.2, 0) is 4.79 Å². The number of carboxylic acids is 1. The predicted molar refractivity (Wildman–Crippen MR) is 65.3 cm³/mol. The molecular formula is C13H25NO2. The molecule has 0 bridgehead atoms. The van der Waals surface area contributed by atoms with Crippen molar-refractivity contribution in [1.29, 1.82) is 0 Å². The molecule has 0 heterocycles. The van der Waals surface area contributed by atoms with E-state index in [9.17, 15) is 9.90 Å². The minimum Gasteiger partial charge on any atom is -0.481 e. The minimum absolute atomic E-state index is 0.0624. The summed E-state index contributed by atoms with van der Waals surface area (Å²) in [4.78, 5) is 11.3. The van der Waals surface area contributed by atoms with Crippen molar-refractivity contribution in [2.75, 3.05) is 13.6 Å². The fourth-order valence-electron chi connectivity index (χ4n) is 3.35. The van der Waals surface area contributed by atoms with E-state index in [1.165, 1.54) is 0 Å². The van der Waals surface area contributed by atoms with Crippen LogP contribution in [0, 0.1) is 23.2 Å². The van der Waals surface area contributed by atoms with Gasteiger partial charge in [0.15, 0.2) is 0 Å². The second kappa shape index (κ2) is 5.17. The Morgan fingerprint density at radius 2 is 2.19 bits per heavy atom. The molecule has 0 amide bonds. The van der Waals surface area contributed by atoms with E-state index in [1.807, 2.05) is 14.0 Å². The Labute approximate surface area is 98.6 Å². The smallest absolute Gasteiger partial charge is 0.306 e. The first-order chi connectivity index (χ1) is 7.44. The highest BCUT2D eigenvalue weighted by molar-refractivity contribution is 5.70. The quantitative estimate of drug-likeness (QED) is 0.775. The lowest BCUT2D eigenvalue weighted by Gasteiger charge is -2.47. The van der Waals surface area contributed by atoms with Crippen molar-refractivity contribution < 1.29 is 9.90 Å². The first kappa shape index (κ1) is 13.5. The topological polar surface area (TPSA) is 49.3 Å². The van der Waals surface area contributed by atoms with Gasteiger partial charge in [0.25, 0.3) is 0 Å². The lowest BCUT2D eigenvalue weighted by atomic mass is 9.58. The van der Waals surface area contributed by atoms with Crippen molar-refractivity contribution in [3.05, 3.63) is 0 Å². The number of rotatable bonds is 4. The van der Waals surface area contributed by atoms with Gasteiger partial charge in [0, 0.05) is 6.54 Å². The average molecular weight is 227 g/mol. The molecule has 94 valence electrons. The van der Waals surface area contributed by atoms with Crippen LogP contribution in [-0.4, -0.2) is 24.7 Å². The number of hydrogen-bond acceptors (Lipinski definition) is 2. The predicted octanol–water partition coefficient (Wildman–Crippen LogP) is 2.37. The first-order valence-corrected chi connectivity index (χ1v) is 6.31. The van der Waals surface area contributed by atoms with Gasteiger partial charge in [-0.1, -0.05) is 27.2 Å². The zero-order chi connectivity index (χ0) is 12.3. The number of aliphatic carboxylic acids is 1. The summed E-state index contributed by atoms with van der Waals surface area (Å²) in [6, 6.07) is 0. The van der Waals surface area contributed by atoms with Crippen molar-refractivity contribution in [3.63, 3.8) is 0 Å². The number of hydrogen-bond donors (Lipinski definition) is 2. The molecule has 0 saturated heterocycles. The highest BCUT2D eigenvalue weighted by Crippen LogP contribution is 2.48. The zero-order valence-electron chi connectivity index (χ0n) is 10.9. The highest BCUT2D eigenvalue weighted by atomic mass is 16.4. The van der Waals surface area contributed by atoms with E-state index in [2.05, 4.69) is 19.2 Å². The van der Waals surface area contributed by atoms with Crippen molar-refractivity contribution in [2.45, 2.75) is 40.0 Å². The van der Waals surface area contributed by atoms with Gasteiger partial charge in [0.1, 0.15) is 0 Å². The van der Waals surface area contributed by atoms with Crippen LogP contribution >= 0.6 is 0 Å². The van der Waals surface area contributed by atoms with Crippen LogP contribution in [0.2, 0.25) is 0 Å². The van der Waals surface area contributed by atoms with Gasteiger partial charge >= 0.3 is 5.97 Å². The van der Waals surface area contributed by atoms with Crippen LogP contribution in [0.4, 0.5) is 0 Å². The maximum absolute atomic E-state index is 11.3. The molecule has 1 fully saturated rings. The van der Waals surface area contributed by atoms with Gasteiger partial charge < -0.3 is 10.4 Å². The lowest BCUT2D eigenvalue weighted by molar-refractivity contribution is -0.149. The molecule has 1 saturated carbocycles. The third-order valence-corrected chi connectivity index (χ3v) is 4.58. The maximum atomic E-state index is 11.3. The van der Waals surface area contributed by atoms with E-state index in [0.29, 0.717) is 5.92 Å². The fourth-order valence-corrected chi connectivity index (χ4v) is 3.35. The van der Waals surface area contributed by atoms with Crippen molar-refractivity contribution >= 4 is 5.97 Å². The summed E-state index contributed by atoms with van der Waals surface area (Å²) >= 11 is 0.